The van der Waals surface area contributed by atoms with Crippen LogP contribution in [0.1, 0.15) is 46.5 Å². The monoisotopic (exact) mass is 274 g/mol. The van der Waals surface area contributed by atoms with Gasteiger partial charge in [-0.1, -0.05) is 38.8 Å². The first kappa shape index (κ1) is 12.9. The number of carboxylic acid groups (broad SMARTS) is 1. The summed E-state index contributed by atoms with van der Waals surface area (Å²) >= 11 is 0. The van der Waals surface area contributed by atoms with Gasteiger partial charge < -0.3 is 5.11 Å². The standard InChI is InChI=1S/C18H26O2/c1-9(2)14-6-11-7-16-12-5-4-10(3)13(12)8-15(11)18(14,16)17(19)20/h6,9-13,15-16H,4-5,7-8H2,1-3H3,(H,19,20). The van der Waals surface area contributed by atoms with Gasteiger partial charge in [0.25, 0.3) is 0 Å². The predicted molar refractivity (Wildman–Crippen MR) is 78.1 cm³/mol. The van der Waals surface area contributed by atoms with Crippen LogP contribution in [0.4, 0.5) is 0 Å². The maximum atomic E-state index is 12.3. The van der Waals surface area contributed by atoms with E-state index < -0.39 is 11.4 Å². The van der Waals surface area contributed by atoms with Crippen molar-refractivity contribution >= 4 is 5.97 Å². The Kier molecular flexibility index (Phi) is 2.52. The minimum absolute atomic E-state index is 0.386. The molecular formula is C18H26O2. The molecule has 0 saturated heterocycles. The lowest BCUT2D eigenvalue weighted by molar-refractivity contribution is -0.156. The molecule has 0 spiro atoms. The first-order valence-corrected chi connectivity index (χ1v) is 8.43. The highest BCUT2D eigenvalue weighted by Gasteiger charge is 2.70. The second-order valence-electron chi connectivity index (χ2n) is 8.18. The Morgan fingerprint density at radius 2 is 2.00 bits per heavy atom. The molecule has 0 aromatic carbocycles. The van der Waals surface area contributed by atoms with Gasteiger partial charge in [-0.15, -0.1) is 0 Å². The van der Waals surface area contributed by atoms with Gasteiger partial charge in [-0.05, 0) is 60.7 Å². The van der Waals surface area contributed by atoms with Crippen molar-refractivity contribution in [2.75, 3.05) is 0 Å². The van der Waals surface area contributed by atoms with Crippen LogP contribution in [0.5, 0.6) is 0 Å². The quantitative estimate of drug-likeness (QED) is 0.774. The van der Waals surface area contributed by atoms with Crippen LogP contribution in [0.3, 0.4) is 0 Å². The van der Waals surface area contributed by atoms with Crippen LogP contribution in [0.2, 0.25) is 0 Å². The molecule has 20 heavy (non-hydrogen) atoms. The zero-order valence-corrected chi connectivity index (χ0v) is 12.8. The van der Waals surface area contributed by atoms with Crippen molar-refractivity contribution in [3.63, 3.8) is 0 Å². The largest absolute Gasteiger partial charge is 0.481 e. The van der Waals surface area contributed by atoms with E-state index in [0.717, 1.165) is 18.3 Å². The summed E-state index contributed by atoms with van der Waals surface area (Å²) in [6.07, 6.45) is 7.29. The fourth-order valence-electron chi connectivity index (χ4n) is 6.73. The second-order valence-corrected chi connectivity index (χ2v) is 8.18. The molecule has 2 nitrogen and oxygen atoms in total. The van der Waals surface area contributed by atoms with Gasteiger partial charge in [0, 0.05) is 0 Å². The lowest BCUT2D eigenvalue weighted by atomic mass is 9.54. The fraction of sp³-hybridized carbons (Fsp3) is 0.833. The predicted octanol–water partition coefficient (Wildman–Crippen LogP) is 3.97. The fourth-order valence-corrected chi connectivity index (χ4v) is 6.73. The zero-order valence-electron chi connectivity index (χ0n) is 12.8. The third kappa shape index (κ3) is 1.25. The Morgan fingerprint density at radius 1 is 1.25 bits per heavy atom. The molecule has 0 aromatic heterocycles. The Hall–Kier alpha value is -0.790. The summed E-state index contributed by atoms with van der Waals surface area (Å²) in [4.78, 5) is 12.3. The van der Waals surface area contributed by atoms with Crippen molar-refractivity contribution in [3.05, 3.63) is 11.6 Å². The molecule has 1 N–H and O–H groups in total. The van der Waals surface area contributed by atoms with Crippen LogP contribution in [-0.2, 0) is 4.79 Å². The molecule has 110 valence electrons. The molecule has 0 heterocycles. The number of rotatable bonds is 2. The second kappa shape index (κ2) is 3.90. The number of fused-ring (bicyclic) bond motifs is 2. The third-order valence-corrected chi connectivity index (χ3v) is 7.34. The highest BCUT2D eigenvalue weighted by Crippen LogP contribution is 2.72. The van der Waals surface area contributed by atoms with Crippen molar-refractivity contribution in [3.8, 4) is 0 Å². The molecule has 0 aromatic rings. The molecule has 4 bridgehead atoms. The van der Waals surface area contributed by atoms with E-state index in [4.69, 9.17) is 0 Å². The SMILES string of the molecule is CC(C)C1=CC2CC3C4CCC(C)C4CC2C13C(=O)O. The minimum atomic E-state index is -0.509. The summed E-state index contributed by atoms with van der Waals surface area (Å²) in [7, 11) is 0. The molecule has 7 unspecified atom stereocenters. The van der Waals surface area contributed by atoms with Crippen molar-refractivity contribution in [2.24, 2.45) is 46.8 Å². The molecule has 3 saturated carbocycles. The van der Waals surface area contributed by atoms with Gasteiger partial charge in [-0.25, -0.2) is 0 Å². The Bertz CT molecular complexity index is 492. The minimum Gasteiger partial charge on any atom is -0.481 e. The van der Waals surface area contributed by atoms with E-state index in [1.54, 1.807) is 0 Å². The topological polar surface area (TPSA) is 37.3 Å². The van der Waals surface area contributed by atoms with Crippen molar-refractivity contribution < 1.29 is 9.90 Å². The van der Waals surface area contributed by atoms with Crippen molar-refractivity contribution in [2.45, 2.75) is 46.5 Å². The Labute approximate surface area is 121 Å². The van der Waals surface area contributed by atoms with Crippen LogP contribution in [0.25, 0.3) is 0 Å². The summed E-state index contributed by atoms with van der Waals surface area (Å²) in [5.74, 6) is 3.59. The summed E-state index contributed by atoms with van der Waals surface area (Å²) in [6.45, 7) is 6.75. The van der Waals surface area contributed by atoms with Crippen LogP contribution < -0.4 is 0 Å². The van der Waals surface area contributed by atoms with Gasteiger partial charge in [0.1, 0.15) is 0 Å². The third-order valence-electron chi connectivity index (χ3n) is 7.34. The Morgan fingerprint density at radius 3 is 2.65 bits per heavy atom. The molecule has 4 rings (SSSR count). The maximum Gasteiger partial charge on any atom is 0.314 e. The first-order valence-electron chi connectivity index (χ1n) is 8.43. The van der Waals surface area contributed by atoms with Crippen LogP contribution in [-0.4, -0.2) is 11.1 Å². The molecule has 4 aliphatic rings. The Balaban J connectivity index is 1.83. The maximum absolute atomic E-state index is 12.3. The number of hydrogen-bond acceptors (Lipinski definition) is 1. The van der Waals surface area contributed by atoms with E-state index in [2.05, 4.69) is 26.8 Å². The van der Waals surface area contributed by atoms with Crippen molar-refractivity contribution in [1.29, 1.82) is 0 Å². The van der Waals surface area contributed by atoms with Gasteiger partial charge >= 0.3 is 5.97 Å². The summed E-state index contributed by atoms with van der Waals surface area (Å²) in [5, 5.41) is 10.2. The van der Waals surface area contributed by atoms with E-state index in [9.17, 15) is 9.90 Å². The lowest BCUT2D eigenvalue weighted by Gasteiger charge is -2.48. The van der Waals surface area contributed by atoms with E-state index in [0.29, 0.717) is 29.6 Å². The zero-order chi connectivity index (χ0) is 14.2. The number of carboxylic acids is 1. The molecule has 2 heteroatoms. The molecule has 0 amide bonds. The summed E-state index contributed by atoms with van der Waals surface area (Å²) in [5.41, 5.74) is 0.790. The summed E-state index contributed by atoms with van der Waals surface area (Å²) in [6, 6.07) is 0. The van der Waals surface area contributed by atoms with Gasteiger partial charge in [-0.3, -0.25) is 4.79 Å². The van der Waals surface area contributed by atoms with Crippen LogP contribution in [0.15, 0.2) is 11.6 Å². The van der Waals surface area contributed by atoms with Gasteiger partial charge in [0.05, 0.1) is 5.41 Å². The molecular weight excluding hydrogens is 248 g/mol. The molecule has 3 fully saturated rings. The highest BCUT2D eigenvalue weighted by atomic mass is 16.4. The average Bonchev–Trinajstić information content (AvgIpc) is 2.99. The van der Waals surface area contributed by atoms with Gasteiger partial charge in [-0.2, -0.15) is 0 Å². The number of aliphatic carboxylic acids is 1. The van der Waals surface area contributed by atoms with Crippen LogP contribution in [0, 0.1) is 46.8 Å². The van der Waals surface area contributed by atoms with Gasteiger partial charge in [0.2, 0.25) is 0 Å². The number of allylic oxidation sites excluding steroid dienone is 1. The smallest absolute Gasteiger partial charge is 0.314 e. The first-order chi connectivity index (χ1) is 9.47. The number of hydrogen-bond donors (Lipinski definition) is 1. The highest BCUT2D eigenvalue weighted by molar-refractivity contribution is 5.82. The normalized spacial score (nSPS) is 52.3. The van der Waals surface area contributed by atoms with Gasteiger partial charge in [0.15, 0.2) is 0 Å². The molecule has 7 atom stereocenters. The number of carbonyl (C=O) groups is 1. The van der Waals surface area contributed by atoms with E-state index >= 15 is 0 Å². The molecule has 0 radical (unpaired) electrons. The molecule has 0 aliphatic heterocycles. The van der Waals surface area contributed by atoms with Crippen molar-refractivity contribution in [1.82, 2.24) is 0 Å². The summed E-state index contributed by atoms with van der Waals surface area (Å²) < 4.78 is 0. The van der Waals surface area contributed by atoms with E-state index in [-0.39, 0.29) is 0 Å². The molecule has 4 aliphatic carbocycles. The van der Waals surface area contributed by atoms with E-state index in [1.807, 2.05) is 0 Å². The lowest BCUT2D eigenvalue weighted by Crippen LogP contribution is -2.49. The van der Waals surface area contributed by atoms with Crippen LogP contribution >= 0.6 is 0 Å². The average molecular weight is 274 g/mol. The van der Waals surface area contributed by atoms with E-state index in [1.165, 1.54) is 24.8 Å².